The first kappa shape index (κ1) is 26.5. The van der Waals surface area contributed by atoms with E-state index in [-0.39, 0.29) is 29.4 Å². The predicted molar refractivity (Wildman–Crippen MR) is 129 cm³/mol. The van der Waals surface area contributed by atoms with Gasteiger partial charge in [-0.05, 0) is 56.5 Å². The average Bonchev–Trinajstić information content (AvgIpc) is 2.91. The molecular weight excluding hydrogens is 468 g/mol. The van der Waals surface area contributed by atoms with Crippen LogP contribution in [-0.2, 0) is 14.3 Å². The highest BCUT2D eigenvalue weighted by Gasteiger charge is 2.20. The van der Waals surface area contributed by atoms with E-state index >= 15 is 0 Å². The zero-order valence-electron chi connectivity index (χ0n) is 20.4. The molecule has 1 saturated heterocycles. The molecule has 0 atom stereocenters. The number of carbonyl (C=O) groups excluding carboxylic acids is 4. The fourth-order valence-electron chi connectivity index (χ4n) is 3.67. The van der Waals surface area contributed by atoms with Gasteiger partial charge in [-0.25, -0.2) is 4.79 Å². The number of piperidine rings is 1. The molecule has 1 aliphatic heterocycles. The third kappa shape index (κ3) is 7.21. The van der Waals surface area contributed by atoms with Crippen molar-refractivity contribution in [1.82, 2.24) is 10.2 Å². The molecule has 1 aliphatic rings. The highest BCUT2D eigenvalue weighted by molar-refractivity contribution is 6.07. The van der Waals surface area contributed by atoms with E-state index in [0.717, 1.165) is 32.4 Å². The number of para-hydroxylation sites is 1. The molecule has 0 aromatic heterocycles. The van der Waals surface area contributed by atoms with Crippen LogP contribution in [0, 0.1) is 0 Å². The van der Waals surface area contributed by atoms with Gasteiger partial charge in [0.1, 0.15) is 5.75 Å². The van der Waals surface area contributed by atoms with Crippen molar-refractivity contribution in [3.63, 3.8) is 0 Å². The Kier molecular flexibility index (Phi) is 9.67. The molecule has 3 rings (SSSR count). The summed E-state index contributed by atoms with van der Waals surface area (Å²) in [5.41, 5.74) is 0.299. The van der Waals surface area contributed by atoms with Crippen LogP contribution in [0.5, 0.6) is 17.2 Å². The van der Waals surface area contributed by atoms with Crippen LogP contribution in [0.15, 0.2) is 42.5 Å². The highest BCUT2D eigenvalue weighted by atomic mass is 16.5. The molecule has 1 N–H and O–H groups in total. The van der Waals surface area contributed by atoms with Crippen molar-refractivity contribution < 1.29 is 38.1 Å². The SMILES string of the molecule is CCOc1cc(C(=O)OCC(=O)NC(=O)c2ccccc2OC)ccc1OCC(=O)N1CCCCC1. The Morgan fingerprint density at radius 1 is 0.889 bits per heavy atom. The molecule has 10 nitrogen and oxygen atoms in total. The minimum Gasteiger partial charge on any atom is -0.496 e. The number of methoxy groups -OCH3 is 1. The maximum absolute atomic E-state index is 12.5. The smallest absolute Gasteiger partial charge is 0.338 e. The van der Waals surface area contributed by atoms with E-state index in [9.17, 15) is 19.2 Å². The molecule has 0 saturated carbocycles. The maximum atomic E-state index is 12.5. The normalized spacial score (nSPS) is 12.9. The molecule has 0 spiro atoms. The van der Waals surface area contributed by atoms with Gasteiger partial charge in [0, 0.05) is 13.1 Å². The number of rotatable bonds is 10. The van der Waals surface area contributed by atoms with Crippen LogP contribution in [0.25, 0.3) is 0 Å². The summed E-state index contributed by atoms with van der Waals surface area (Å²) >= 11 is 0. The van der Waals surface area contributed by atoms with Gasteiger partial charge in [-0.15, -0.1) is 0 Å². The molecule has 192 valence electrons. The van der Waals surface area contributed by atoms with Crippen LogP contribution in [0.2, 0.25) is 0 Å². The standard InChI is InChI=1S/C26H30N2O8/c1-3-34-22-15-18(11-12-21(22)35-17-24(30)28-13-7-4-8-14-28)26(32)36-16-23(29)27-25(31)19-9-5-6-10-20(19)33-2/h5-6,9-12,15H,3-4,7-8,13-14,16-17H2,1-2H3,(H,27,29,31). The Bertz CT molecular complexity index is 1100. The number of amides is 3. The summed E-state index contributed by atoms with van der Waals surface area (Å²) < 4.78 is 21.4. The zero-order chi connectivity index (χ0) is 25.9. The van der Waals surface area contributed by atoms with Crippen LogP contribution >= 0.6 is 0 Å². The second kappa shape index (κ2) is 13.1. The molecule has 3 amide bonds. The van der Waals surface area contributed by atoms with E-state index in [2.05, 4.69) is 5.32 Å². The van der Waals surface area contributed by atoms with Gasteiger partial charge in [-0.2, -0.15) is 0 Å². The first-order valence-corrected chi connectivity index (χ1v) is 11.7. The summed E-state index contributed by atoms with van der Waals surface area (Å²) in [6, 6.07) is 10.8. The Labute approximate surface area is 209 Å². The van der Waals surface area contributed by atoms with Gasteiger partial charge in [0.05, 0.1) is 24.8 Å². The molecule has 10 heteroatoms. The Hall–Kier alpha value is -4.08. The topological polar surface area (TPSA) is 120 Å². The lowest BCUT2D eigenvalue weighted by Gasteiger charge is -2.26. The molecule has 0 aliphatic carbocycles. The molecule has 0 bridgehead atoms. The van der Waals surface area contributed by atoms with Crippen LogP contribution < -0.4 is 19.5 Å². The minimum atomic E-state index is -0.791. The lowest BCUT2D eigenvalue weighted by molar-refractivity contribution is -0.134. The van der Waals surface area contributed by atoms with Crippen LogP contribution in [0.3, 0.4) is 0 Å². The van der Waals surface area contributed by atoms with Gasteiger partial charge in [0.15, 0.2) is 24.7 Å². The van der Waals surface area contributed by atoms with Gasteiger partial charge in [-0.1, -0.05) is 12.1 Å². The molecule has 0 unspecified atom stereocenters. The molecule has 2 aromatic carbocycles. The van der Waals surface area contributed by atoms with E-state index < -0.39 is 24.4 Å². The molecule has 2 aromatic rings. The molecule has 1 fully saturated rings. The number of nitrogens with one attached hydrogen (secondary N) is 1. The number of nitrogens with zero attached hydrogens (tertiary/aromatic N) is 1. The lowest BCUT2D eigenvalue weighted by Crippen LogP contribution is -2.38. The van der Waals surface area contributed by atoms with Crippen molar-refractivity contribution >= 4 is 23.7 Å². The summed E-state index contributed by atoms with van der Waals surface area (Å²) in [5.74, 6) is -1.45. The van der Waals surface area contributed by atoms with Gasteiger partial charge >= 0.3 is 5.97 Å². The van der Waals surface area contributed by atoms with Gasteiger partial charge in [0.25, 0.3) is 17.7 Å². The highest BCUT2D eigenvalue weighted by Crippen LogP contribution is 2.29. The Morgan fingerprint density at radius 3 is 2.36 bits per heavy atom. The average molecular weight is 499 g/mol. The van der Waals surface area contributed by atoms with Crippen molar-refractivity contribution in [2.24, 2.45) is 0 Å². The van der Waals surface area contributed by atoms with Crippen LogP contribution in [0.4, 0.5) is 0 Å². The number of carbonyl (C=O) groups is 4. The van der Waals surface area contributed by atoms with Crippen LogP contribution in [-0.4, -0.2) is 68.6 Å². The largest absolute Gasteiger partial charge is 0.496 e. The second-order valence-corrected chi connectivity index (χ2v) is 7.98. The van der Waals surface area contributed by atoms with E-state index in [1.807, 2.05) is 0 Å². The molecular formula is C26H30N2O8. The quantitative estimate of drug-likeness (QED) is 0.497. The number of hydrogen-bond acceptors (Lipinski definition) is 8. The summed E-state index contributed by atoms with van der Waals surface area (Å²) in [6.07, 6.45) is 3.09. The molecule has 1 heterocycles. The van der Waals surface area contributed by atoms with Crippen molar-refractivity contribution in [3.8, 4) is 17.2 Å². The first-order valence-electron chi connectivity index (χ1n) is 11.7. The number of ether oxygens (including phenoxy) is 4. The van der Waals surface area contributed by atoms with Crippen molar-refractivity contribution in [1.29, 1.82) is 0 Å². The van der Waals surface area contributed by atoms with Crippen LogP contribution in [0.1, 0.15) is 46.9 Å². The number of hydrogen-bond donors (Lipinski definition) is 1. The zero-order valence-corrected chi connectivity index (χ0v) is 20.4. The summed E-state index contributed by atoms with van der Waals surface area (Å²) in [7, 11) is 1.41. The maximum Gasteiger partial charge on any atom is 0.338 e. The third-order valence-electron chi connectivity index (χ3n) is 5.48. The molecule has 0 radical (unpaired) electrons. The Balaban J connectivity index is 1.55. The lowest BCUT2D eigenvalue weighted by atomic mass is 10.1. The monoisotopic (exact) mass is 498 g/mol. The van der Waals surface area contributed by atoms with Gasteiger partial charge in [-0.3, -0.25) is 19.7 Å². The van der Waals surface area contributed by atoms with Crippen molar-refractivity contribution in [3.05, 3.63) is 53.6 Å². The summed E-state index contributed by atoms with van der Waals surface area (Å²) in [6.45, 7) is 2.74. The Morgan fingerprint density at radius 2 is 1.64 bits per heavy atom. The second-order valence-electron chi connectivity index (χ2n) is 7.98. The van der Waals surface area contributed by atoms with E-state index in [0.29, 0.717) is 18.1 Å². The molecule has 36 heavy (non-hydrogen) atoms. The summed E-state index contributed by atoms with van der Waals surface area (Å²) in [4.78, 5) is 51.1. The van der Waals surface area contributed by atoms with E-state index in [1.165, 1.54) is 31.4 Å². The number of imide groups is 1. The third-order valence-corrected chi connectivity index (χ3v) is 5.48. The van der Waals surface area contributed by atoms with Crippen molar-refractivity contribution in [2.75, 3.05) is 40.0 Å². The predicted octanol–water partition coefficient (Wildman–Crippen LogP) is 2.60. The minimum absolute atomic E-state index is 0.102. The fraction of sp³-hybridized carbons (Fsp3) is 0.385. The van der Waals surface area contributed by atoms with Crippen molar-refractivity contribution in [2.45, 2.75) is 26.2 Å². The number of esters is 1. The number of likely N-dealkylation sites (tertiary alicyclic amines) is 1. The summed E-state index contributed by atoms with van der Waals surface area (Å²) in [5, 5.41) is 2.16. The fourth-order valence-corrected chi connectivity index (χ4v) is 3.67. The van der Waals surface area contributed by atoms with Gasteiger partial charge < -0.3 is 23.8 Å². The number of benzene rings is 2. The van der Waals surface area contributed by atoms with Gasteiger partial charge in [0.2, 0.25) is 0 Å². The first-order chi connectivity index (χ1) is 17.4. The van der Waals surface area contributed by atoms with E-state index in [4.69, 9.17) is 18.9 Å². The van der Waals surface area contributed by atoms with E-state index in [1.54, 1.807) is 30.0 Å².